The third-order valence-corrected chi connectivity index (χ3v) is 6.11. The summed E-state index contributed by atoms with van der Waals surface area (Å²) in [7, 11) is 2.03. The first-order valence-electron chi connectivity index (χ1n) is 12.2. The number of amides is 1. The van der Waals surface area contributed by atoms with Crippen LogP contribution in [0.1, 0.15) is 60.3 Å². The molecule has 1 fully saturated rings. The molecule has 0 spiro atoms. The number of aliphatic carboxylic acids is 1. The normalized spacial score (nSPS) is 19.7. The molecule has 1 aliphatic rings. The molecular formula is C28H36N2O6. The van der Waals surface area contributed by atoms with Crippen LogP contribution in [0.15, 0.2) is 61.2 Å². The standard InChI is InChI=1S/C28H36N2O6/c1-3-15-30(2)18-24-16-25(22-11-9-21(19-31)10-12-22)36-28(35-24)23-13-7-20(8-14-23)17-29-26(32)5-4-6-27(33)34/h3,7-14,24-25,28,31H,1,4-6,15-19H2,2H3,(H,29,32)(H,33,34)/t24-,25+,28+/m0/s1. The fourth-order valence-corrected chi connectivity index (χ4v) is 4.16. The van der Waals surface area contributed by atoms with Crippen molar-refractivity contribution >= 4 is 11.9 Å². The number of hydrogen-bond acceptors (Lipinski definition) is 6. The summed E-state index contributed by atoms with van der Waals surface area (Å²) >= 11 is 0. The van der Waals surface area contributed by atoms with Gasteiger partial charge in [0, 0.05) is 44.5 Å². The number of benzene rings is 2. The maximum Gasteiger partial charge on any atom is 0.303 e. The number of carboxylic acid groups (broad SMARTS) is 1. The van der Waals surface area contributed by atoms with E-state index in [-0.39, 0.29) is 37.6 Å². The third kappa shape index (κ3) is 8.57. The first-order chi connectivity index (χ1) is 17.4. The lowest BCUT2D eigenvalue weighted by molar-refractivity contribution is -0.252. The molecule has 0 unspecified atom stereocenters. The van der Waals surface area contributed by atoms with Crippen LogP contribution >= 0.6 is 0 Å². The Morgan fingerprint density at radius 2 is 1.72 bits per heavy atom. The Morgan fingerprint density at radius 1 is 1.06 bits per heavy atom. The maximum absolute atomic E-state index is 11.9. The number of rotatable bonds is 13. The zero-order chi connectivity index (χ0) is 25.9. The van der Waals surface area contributed by atoms with E-state index in [9.17, 15) is 14.7 Å². The van der Waals surface area contributed by atoms with Gasteiger partial charge in [-0.2, -0.15) is 0 Å². The van der Waals surface area contributed by atoms with Gasteiger partial charge in [-0.1, -0.05) is 54.6 Å². The van der Waals surface area contributed by atoms with Crippen LogP contribution in [0.4, 0.5) is 0 Å². The second-order valence-corrected chi connectivity index (χ2v) is 9.13. The molecule has 1 saturated heterocycles. The summed E-state index contributed by atoms with van der Waals surface area (Å²) in [5.74, 6) is -1.06. The average molecular weight is 497 g/mol. The largest absolute Gasteiger partial charge is 0.481 e. The van der Waals surface area contributed by atoms with E-state index < -0.39 is 12.3 Å². The van der Waals surface area contributed by atoms with Gasteiger partial charge in [-0.25, -0.2) is 0 Å². The van der Waals surface area contributed by atoms with E-state index in [0.717, 1.165) is 35.3 Å². The van der Waals surface area contributed by atoms with Crippen molar-refractivity contribution < 1.29 is 29.3 Å². The van der Waals surface area contributed by atoms with Crippen molar-refractivity contribution in [1.82, 2.24) is 10.2 Å². The van der Waals surface area contributed by atoms with E-state index in [4.69, 9.17) is 14.6 Å². The second-order valence-electron chi connectivity index (χ2n) is 9.13. The lowest BCUT2D eigenvalue weighted by atomic mass is 9.99. The van der Waals surface area contributed by atoms with Gasteiger partial charge in [0.05, 0.1) is 18.8 Å². The summed E-state index contributed by atoms with van der Waals surface area (Å²) in [6, 6.07) is 15.5. The van der Waals surface area contributed by atoms with Gasteiger partial charge in [-0.15, -0.1) is 6.58 Å². The number of carboxylic acids is 1. The first kappa shape index (κ1) is 27.5. The fourth-order valence-electron chi connectivity index (χ4n) is 4.16. The number of likely N-dealkylation sites (N-methyl/N-ethyl adjacent to an activating group) is 1. The topological polar surface area (TPSA) is 108 Å². The lowest BCUT2D eigenvalue weighted by Gasteiger charge is -2.37. The maximum atomic E-state index is 11.9. The van der Waals surface area contributed by atoms with E-state index in [1.54, 1.807) is 0 Å². The minimum Gasteiger partial charge on any atom is -0.481 e. The summed E-state index contributed by atoms with van der Waals surface area (Å²) in [6.45, 7) is 5.68. The third-order valence-electron chi connectivity index (χ3n) is 6.11. The molecule has 0 bridgehead atoms. The molecule has 1 amide bonds. The Balaban J connectivity index is 1.65. The van der Waals surface area contributed by atoms with Crippen molar-refractivity contribution in [1.29, 1.82) is 0 Å². The predicted octanol–water partition coefficient (Wildman–Crippen LogP) is 3.71. The summed E-state index contributed by atoms with van der Waals surface area (Å²) in [6.07, 6.45) is 2.35. The Kier molecular flexibility index (Phi) is 10.6. The quantitative estimate of drug-likeness (QED) is 0.363. The molecule has 0 aliphatic carbocycles. The number of carbonyl (C=O) groups excluding carboxylic acids is 1. The van der Waals surface area contributed by atoms with Crippen LogP contribution in [0.2, 0.25) is 0 Å². The van der Waals surface area contributed by atoms with Crippen LogP contribution in [0.5, 0.6) is 0 Å². The molecule has 0 aromatic heterocycles. The van der Waals surface area contributed by atoms with Gasteiger partial charge in [0.2, 0.25) is 5.91 Å². The smallest absolute Gasteiger partial charge is 0.303 e. The predicted molar refractivity (Wildman–Crippen MR) is 136 cm³/mol. The Bertz CT molecular complexity index is 992. The summed E-state index contributed by atoms with van der Waals surface area (Å²) < 4.78 is 12.7. The van der Waals surface area contributed by atoms with Crippen molar-refractivity contribution in [3.05, 3.63) is 83.4 Å². The fraction of sp³-hybridized carbons (Fsp3) is 0.429. The van der Waals surface area contributed by atoms with Crippen LogP contribution in [-0.2, 0) is 32.2 Å². The van der Waals surface area contributed by atoms with Gasteiger partial charge in [0.25, 0.3) is 0 Å². The van der Waals surface area contributed by atoms with Gasteiger partial charge >= 0.3 is 5.97 Å². The molecule has 2 aromatic carbocycles. The summed E-state index contributed by atoms with van der Waals surface area (Å²) in [4.78, 5) is 24.7. The van der Waals surface area contributed by atoms with Crippen molar-refractivity contribution in [3.63, 3.8) is 0 Å². The molecule has 3 N–H and O–H groups in total. The Morgan fingerprint density at radius 3 is 2.36 bits per heavy atom. The molecule has 3 atom stereocenters. The van der Waals surface area contributed by atoms with Crippen molar-refractivity contribution in [3.8, 4) is 0 Å². The first-order valence-corrected chi connectivity index (χ1v) is 12.2. The highest BCUT2D eigenvalue weighted by molar-refractivity contribution is 5.76. The monoisotopic (exact) mass is 496 g/mol. The number of nitrogens with zero attached hydrogens (tertiary/aromatic N) is 1. The molecule has 36 heavy (non-hydrogen) atoms. The van der Waals surface area contributed by atoms with Gasteiger partial charge in [-0.05, 0) is 30.2 Å². The van der Waals surface area contributed by atoms with Crippen molar-refractivity contribution in [2.24, 2.45) is 0 Å². The number of ether oxygens (including phenoxy) is 2. The molecule has 2 aromatic rings. The van der Waals surface area contributed by atoms with Crippen molar-refractivity contribution in [2.45, 2.75) is 57.3 Å². The molecule has 0 saturated carbocycles. The Hall–Kier alpha value is -3.04. The number of aliphatic hydroxyl groups is 1. The minimum atomic E-state index is -0.899. The van der Waals surface area contributed by atoms with Gasteiger partial charge in [0.1, 0.15) is 0 Å². The van der Waals surface area contributed by atoms with E-state index >= 15 is 0 Å². The molecule has 3 rings (SSSR count). The zero-order valence-corrected chi connectivity index (χ0v) is 20.8. The van der Waals surface area contributed by atoms with E-state index in [1.165, 1.54) is 0 Å². The molecule has 8 nitrogen and oxygen atoms in total. The highest BCUT2D eigenvalue weighted by Gasteiger charge is 2.32. The number of nitrogens with one attached hydrogen (secondary N) is 1. The molecule has 8 heteroatoms. The molecular weight excluding hydrogens is 460 g/mol. The highest BCUT2D eigenvalue weighted by Crippen LogP contribution is 2.38. The van der Waals surface area contributed by atoms with Gasteiger partial charge in [-0.3, -0.25) is 9.59 Å². The van der Waals surface area contributed by atoms with Crippen LogP contribution < -0.4 is 5.32 Å². The summed E-state index contributed by atoms with van der Waals surface area (Å²) in [5, 5.41) is 20.9. The molecule has 1 aliphatic heterocycles. The average Bonchev–Trinajstić information content (AvgIpc) is 2.87. The highest BCUT2D eigenvalue weighted by atomic mass is 16.7. The lowest BCUT2D eigenvalue weighted by Crippen LogP contribution is -2.37. The molecule has 1 heterocycles. The van der Waals surface area contributed by atoms with Crippen LogP contribution in [0.3, 0.4) is 0 Å². The van der Waals surface area contributed by atoms with E-state index in [2.05, 4.69) is 16.8 Å². The number of hydrogen-bond donors (Lipinski definition) is 3. The molecule has 0 radical (unpaired) electrons. The van der Waals surface area contributed by atoms with Crippen LogP contribution in [0, 0.1) is 0 Å². The second kappa shape index (κ2) is 13.9. The Labute approximate surface area is 212 Å². The zero-order valence-electron chi connectivity index (χ0n) is 20.8. The van der Waals surface area contributed by atoms with Gasteiger partial charge < -0.3 is 29.9 Å². The van der Waals surface area contributed by atoms with Crippen LogP contribution in [-0.4, -0.2) is 53.2 Å². The number of aliphatic hydroxyl groups excluding tert-OH is 1. The van der Waals surface area contributed by atoms with Crippen molar-refractivity contribution in [2.75, 3.05) is 20.1 Å². The minimum absolute atomic E-state index is 0.00164. The van der Waals surface area contributed by atoms with E-state index in [0.29, 0.717) is 19.4 Å². The van der Waals surface area contributed by atoms with Crippen LogP contribution in [0.25, 0.3) is 0 Å². The molecule has 194 valence electrons. The summed E-state index contributed by atoms with van der Waals surface area (Å²) in [5.41, 5.74) is 3.72. The van der Waals surface area contributed by atoms with Gasteiger partial charge in [0.15, 0.2) is 6.29 Å². The SMILES string of the molecule is C=CCN(C)C[C@@H]1C[C@H](c2ccc(CO)cc2)O[C@H](c2ccc(CNC(=O)CCCC(=O)O)cc2)O1. The number of carbonyl (C=O) groups is 2. The van der Waals surface area contributed by atoms with E-state index in [1.807, 2.05) is 61.7 Å².